The Morgan fingerprint density at radius 2 is 2.24 bits per heavy atom. The SMILES string of the molecule is CC1(CNC(=O)Nc2cccc(Cl)c2C(=O)O)CCCO1. The van der Waals surface area contributed by atoms with Crippen LogP contribution in [0.4, 0.5) is 10.5 Å². The lowest BCUT2D eigenvalue weighted by atomic mass is 10.0. The predicted octanol–water partition coefficient (Wildman–Crippen LogP) is 2.73. The van der Waals surface area contributed by atoms with Crippen molar-refractivity contribution in [3.63, 3.8) is 0 Å². The third-order valence-electron chi connectivity index (χ3n) is 3.40. The number of aromatic carboxylic acids is 1. The molecule has 1 aromatic rings. The van der Waals surface area contributed by atoms with Crippen molar-refractivity contribution >= 4 is 29.3 Å². The number of carbonyl (C=O) groups excluding carboxylic acids is 1. The van der Waals surface area contributed by atoms with Gasteiger partial charge in [0.15, 0.2) is 0 Å². The van der Waals surface area contributed by atoms with Crippen LogP contribution in [0, 0.1) is 0 Å². The second-order valence-corrected chi connectivity index (χ2v) is 5.58. The number of anilines is 1. The Balaban J connectivity index is 2.00. The Kier molecular flexibility index (Phi) is 4.69. The molecule has 0 spiro atoms. The second-order valence-electron chi connectivity index (χ2n) is 5.18. The van der Waals surface area contributed by atoms with E-state index in [2.05, 4.69) is 10.6 Å². The number of carbonyl (C=O) groups is 2. The fourth-order valence-corrected chi connectivity index (χ4v) is 2.51. The molecule has 2 amide bonds. The smallest absolute Gasteiger partial charge is 0.339 e. The minimum Gasteiger partial charge on any atom is -0.478 e. The first-order valence-corrected chi connectivity index (χ1v) is 7.00. The van der Waals surface area contributed by atoms with Gasteiger partial charge in [-0.1, -0.05) is 17.7 Å². The lowest BCUT2D eigenvalue weighted by Crippen LogP contribution is -2.42. The minimum absolute atomic E-state index is 0.0754. The van der Waals surface area contributed by atoms with Crippen LogP contribution in [0.3, 0.4) is 0 Å². The maximum Gasteiger partial charge on any atom is 0.339 e. The van der Waals surface area contributed by atoms with Crippen LogP contribution in [-0.2, 0) is 4.74 Å². The van der Waals surface area contributed by atoms with Crippen molar-refractivity contribution < 1.29 is 19.4 Å². The molecular formula is C14H17ClN2O4. The summed E-state index contributed by atoms with van der Waals surface area (Å²) in [6, 6.07) is 4.03. The van der Waals surface area contributed by atoms with E-state index in [0.29, 0.717) is 13.2 Å². The van der Waals surface area contributed by atoms with Crippen molar-refractivity contribution in [3.8, 4) is 0 Å². The van der Waals surface area contributed by atoms with Gasteiger partial charge < -0.3 is 20.5 Å². The van der Waals surface area contributed by atoms with Gasteiger partial charge in [-0.05, 0) is 31.9 Å². The van der Waals surface area contributed by atoms with Gasteiger partial charge in [0.1, 0.15) is 5.56 Å². The average Bonchev–Trinajstić information content (AvgIpc) is 2.84. The fraction of sp³-hybridized carbons (Fsp3) is 0.429. The molecule has 1 aromatic carbocycles. The molecule has 0 aliphatic carbocycles. The van der Waals surface area contributed by atoms with E-state index in [1.165, 1.54) is 12.1 Å². The number of halogens is 1. The van der Waals surface area contributed by atoms with E-state index in [1.54, 1.807) is 6.07 Å². The Morgan fingerprint density at radius 1 is 1.48 bits per heavy atom. The molecule has 2 rings (SSSR count). The first kappa shape index (κ1) is 15.6. The van der Waals surface area contributed by atoms with Crippen LogP contribution in [0.1, 0.15) is 30.1 Å². The van der Waals surface area contributed by atoms with Crippen molar-refractivity contribution in [2.24, 2.45) is 0 Å². The van der Waals surface area contributed by atoms with E-state index < -0.39 is 12.0 Å². The van der Waals surface area contributed by atoms with Crippen LogP contribution >= 0.6 is 11.6 Å². The summed E-state index contributed by atoms with van der Waals surface area (Å²) in [6.45, 7) is 2.99. The summed E-state index contributed by atoms with van der Waals surface area (Å²) in [7, 11) is 0. The van der Waals surface area contributed by atoms with Crippen LogP contribution in [0.15, 0.2) is 18.2 Å². The highest BCUT2D eigenvalue weighted by molar-refractivity contribution is 6.34. The fourth-order valence-electron chi connectivity index (χ4n) is 2.26. The Hall–Kier alpha value is -1.79. The first-order chi connectivity index (χ1) is 9.91. The van der Waals surface area contributed by atoms with Gasteiger partial charge in [-0.25, -0.2) is 9.59 Å². The standard InChI is InChI=1S/C14H17ClN2O4/c1-14(6-3-7-21-14)8-16-13(20)17-10-5-2-4-9(15)11(10)12(18)19/h2,4-5H,3,6-8H2,1H3,(H,18,19)(H2,16,17,20). The quantitative estimate of drug-likeness (QED) is 0.797. The van der Waals surface area contributed by atoms with E-state index in [4.69, 9.17) is 21.4 Å². The number of carboxylic acid groups (broad SMARTS) is 1. The zero-order valence-corrected chi connectivity index (χ0v) is 12.4. The van der Waals surface area contributed by atoms with Gasteiger partial charge in [-0.2, -0.15) is 0 Å². The summed E-state index contributed by atoms with van der Waals surface area (Å²) in [6.07, 6.45) is 1.85. The van der Waals surface area contributed by atoms with Gasteiger partial charge >= 0.3 is 12.0 Å². The zero-order chi connectivity index (χ0) is 15.5. The minimum atomic E-state index is -1.19. The molecule has 1 aliphatic rings. The Morgan fingerprint density at radius 3 is 2.86 bits per heavy atom. The number of urea groups is 1. The lowest BCUT2D eigenvalue weighted by molar-refractivity contribution is 0.0232. The molecule has 1 aliphatic heterocycles. The van der Waals surface area contributed by atoms with E-state index in [-0.39, 0.29) is 21.9 Å². The highest BCUT2D eigenvalue weighted by Gasteiger charge is 2.30. The molecule has 0 aromatic heterocycles. The lowest BCUT2D eigenvalue weighted by Gasteiger charge is -2.23. The first-order valence-electron chi connectivity index (χ1n) is 6.62. The van der Waals surface area contributed by atoms with E-state index >= 15 is 0 Å². The van der Waals surface area contributed by atoms with Crippen molar-refractivity contribution in [2.45, 2.75) is 25.4 Å². The number of hydrogen-bond acceptors (Lipinski definition) is 3. The molecular weight excluding hydrogens is 296 g/mol. The third-order valence-corrected chi connectivity index (χ3v) is 3.71. The summed E-state index contributed by atoms with van der Waals surface area (Å²) < 4.78 is 5.56. The number of nitrogens with one attached hydrogen (secondary N) is 2. The van der Waals surface area contributed by atoms with Crippen LogP contribution in [0.5, 0.6) is 0 Å². The van der Waals surface area contributed by atoms with Crippen molar-refractivity contribution in [1.82, 2.24) is 5.32 Å². The summed E-state index contributed by atoms with van der Waals surface area (Å²) in [5, 5.41) is 14.4. The molecule has 6 nitrogen and oxygen atoms in total. The Labute approximate surface area is 127 Å². The number of rotatable bonds is 4. The molecule has 21 heavy (non-hydrogen) atoms. The molecule has 0 radical (unpaired) electrons. The number of hydrogen-bond donors (Lipinski definition) is 3. The highest BCUT2D eigenvalue weighted by atomic mass is 35.5. The molecule has 3 N–H and O–H groups in total. The molecule has 1 heterocycles. The topological polar surface area (TPSA) is 87.7 Å². The summed E-state index contributed by atoms with van der Waals surface area (Å²) >= 11 is 5.84. The van der Waals surface area contributed by atoms with Crippen LogP contribution in [0.2, 0.25) is 5.02 Å². The molecule has 0 saturated carbocycles. The summed E-state index contributed by atoms with van der Waals surface area (Å²) in [5.41, 5.74) is -0.330. The van der Waals surface area contributed by atoms with Gasteiger partial charge in [0.2, 0.25) is 0 Å². The normalized spacial score (nSPS) is 21.0. The van der Waals surface area contributed by atoms with Crippen molar-refractivity contribution in [1.29, 1.82) is 0 Å². The molecule has 0 bridgehead atoms. The molecule has 7 heteroatoms. The average molecular weight is 313 g/mol. The van der Waals surface area contributed by atoms with Crippen LogP contribution < -0.4 is 10.6 Å². The number of amides is 2. The highest BCUT2D eigenvalue weighted by Crippen LogP contribution is 2.25. The van der Waals surface area contributed by atoms with Crippen LogP contribution in [-0.4, -0.2) is 35.9 Å². The van der Waals surface area contributed by atoms with Crippen molar-refractivity contribution in [2.75, 3.05) is 18.5 Å². The maximum atomic E-state index is 11.9. The zero-order valence-electron chi connectivity index (χ0n) is 11.6. The summed E-state index contributed by atoms with van der Waals surface area (Å²) in [5.74, 6) is -1.19. The molecule has 1 saturated heterocycles. The van der Waals surface area contributed by atoms with Gasteiger partial charge in [0.05, 0.1) is 16.3 Å². The molecule has 1 unspecified atom stereocenters. The number of ether oxygens (including phenoxy) is 1. The number of carboxylic acids is 1. The predicted molar refractivity (Wildman–Crippen MR) is 79.0 cm³/mol. The second kappa shape index (κ2) is 6.32. The van der Waals surface area contributed by atoms with Gasteiger partial charge in [0, 0.05) is 13.2 Å². The Bertz CT molecular complexity index is 556. The monoisotopic (exact) mass is 312 g/mol. The molecule has 1 atom stereocenters. The molecule has 1 fully saturated rings. The maximum absolute atomic E-state index is 11.9. The largest absolute Gasteiger partial charge is 0.478 e. The summed E-state index contributed by atoms with van der Waals surface area (Å²) in [4.78, 5) is 23.0. The van der Waals surface area contributed by atoms with E-state index in [9.17, 15) is 9.59 Å². The number of benzene rings is 1. The van der Waals surface area contributed by atoms with Gasteiger partial charge in [0.25, 0.3) is 0 Å². The van der Waals surface area contributed by atoms with E-state index in [0.717, 1.165) is 12.8 Å². The van der Waals surface area contributed by atoms with Crippen LogP contribution in [0.25, 0.3) is 0 Å². The van der Waals surface area contributed by atoms with Crippen molar-refractivity contribution in [3.05, 3.63) is 28.8 Å². The van der Waals surface area contributed by atoms with Gasteiger partial charge in [-0.15, -0.1) is 0 Å². The van der Waals surface area contributed by atoms with E-state index in [1.807, 2.05) is 6.92 Å². The van der Waals surface area contributed by atoms with Gasteiger partial charge in [-0.3, -0.25) is 0 Å². The third kappa shape index (κ3) is 3.86. The molecule has 114 valence electrons.